The second-order valence-corrected chi connectivity index (χ2v) is 6.47. The van der Waals surface area contributed by atoms with E-state index in [0.29, 0.717) is 23.3 Å². The molecular formula is C19H18ClN3O2. The number of halogens is 1. The Balaban J connectivity index is 1.55. The molecule has 4 rings (SSSR count). The fourth-order valence-corrected chi connectivity index (χ4v) is 3.27. The van der Waals surface area contributed by atoms with Gasteiger partial charge in [0, 0.05) is 22.8 Å². The molecule has 0 N–H and O–H groups in total. The van der Waals surface area contributed by atoms with Crippen LogP contribution >= 0.6 is 11.6 Å². The molecule has 0 atom stereocenters. The minimum Gasteiger partial charge on any atom is -0.497 e. The third-order valence-corrected chi connectivity index (χ3v) is 4.65. The van der Waals surface area contributed by atoms with Crippen LogP contribution in [0.15, 0.2) is 47.0 Å². The Morgan fingerprint density at radius 2 is 2.04 bits per heavy atom. The van der Waals surface area contributed by atoms with E-state index in [1.54, 1.807) is 7.11 Å². The highest BCUT2D eigenvalue weighted by Crippen LogP contribution is 2.31. The first-order valence-electron chi connectivity index (χ1n) is 8.23. The van der Waals surface area contributed by atoms with Gasteiger partial charge < -0.3 is 14.2 Å². The fraction of sp³-hybridized carbons (Fsp3) is 0.263. The molecule has 5 nitrogen and oxygen atoms in total. The lowest BCUT2D eigenvalue weighted by atomic mass is 10.0. The van der Waals surface area contributed by atoms with Gasteiger partial charge >= 0.3 is 0 Å². The minimum absolute atomic E-state index is 0.582. The number of ether oxygens (including phenoxy) is 1. The molecule has 0 unspecified atom stereocenters. The highest BCUT2D eigenvalue weighted by Gasteiger charge is 2.20. The van der Waals surface area contributed by atoms with E-state index in [9.17, 15) is 0 Å². The smallest absolute Gasteiger partial charge is 0.246 e. The third-order valence-electron chi connectivity index (χ3n) is 4.40. The summed E-state index contributed by atoms with van der Waals surface area (Å²) < 4.78 is 10.8. The van der Waals surface area contributed by atoms with E-state index in [4.69, 9.17) is 20.9 Å². The van der Waals surface area contributed by atoms with E-state index in [-0.39, 0.29) is 0 Å². The summed E-state index contributed by atoms with van der Waals surface area (Å²) in [4.78, 5) is 6.80. The van der Waals surface area contributed by atoms with Crippen LogP contribution in [-0.4, -0.2) is 23.8 Å². The summed E-state index contributed by atoms with van der Waals surface area (Å²) in [7, 11) is 1.69. The van der Waals surface area contributed by atoms with E-state index < -0.39 is 0 Å². The van der Waals surface area contributed by atoms with Crippen LogP contribution in [0.3, 0.4) is 0 Å². The molecule has 6 heteroatoms. The van der Waals surface area contributed by atoms with Crippen LogP contribution < -0.4 is 9.64 Å². The molecule has 128 valence electrons. The van der Waals surface area contributed by atoms with Crippen molar-refractivity contribution in [2.45, 2.75) is 19.4 Å². The number of rotatable bonds is 4. The highest BCUT2D eigenvalue weighted by atomic mass is 35.5. The van der Waals surface area contributed by atoms with Crippen molar-refractivity contribution in [3.8, 4) is 17.1 Å². The van der Waals surface area contributed by atoms with Gasteiger partial charge in [-0.05, 0) is 60.9 Å². The Kier molecular flexibility index (Phi) is 4.32. The molecule has 0 radical (unpaired) electrons. The van der Waals surface area contributed by atoms with E-state index in [2.05, 4.69) is 27.2 Å². The third kappa shape index (κ3) is 3.33. The largest absolute Gasteiger partial charge is 0.497 e. The topological polar surface area (TPSA) is 51.4 Å². The Bertz CT molecular complexity index is 877. The maximum atomic E-state index is 5.92. The van der Waals surface area contributed by atoms with Crippen LogP contribution in [0.4, 0.5) is 5.69 Å². The van der Waals surface area contributed by atoms with Gasteiger partial charge in [0.25, 0.3) is 0 Å². The standard InChI is InChI=1S/C19H18ClN3O2/c1-24-16-8-9-17-14(11-16)3-2-10-23(17)12-18-21-19(22-25-18)13-4-6-15(20)7-5-13/h4-9,11H,2-3,10,12H2,1H3. The Labute approximate surface area is 151 Å². The lowest BCUT2D eigenvalue weighted by Gasteiger charge is -2.30. The number of nitrogens with zero attached hydrogens (tertiary/aromatic N) is 3. The zero-order valence-corrected chi connectivity index (χ0v) is 14.7. The number of hydrogen-bond donors (Lipinski definition) is 0. The van der Waals surface area contributed by atoms with Crippen molar-refractivity contribution >= 4 is 17.3 Å². The van der Waals surface area contributed by atoms with Crippen molar-refractivity contribution in [1.29, 1.82) is 0 Å². The van der Waals surface area contributed by atoms with Gasteiger partial charge in [0.1, 0.15) is 5.75 Å². The van der Waals surface area contributed by atoms with Crippen LogP contribution in [-0.2, 0) is 13.0 Å². The Hall–Kier alpha value is -2.53. The number of hydrogen-bond acceptors (Lipinski definition) is 5. The fourth-order valence-electron chi connectivity index (χ4n) is 3.14. The van der Waals surface area contributed by atoms with Crippen LogP contribution in [0, 0.1) is 0 Å². The number of anilines is 1. The van der Waals surface area contributed by atoms with Crippen molar-refractivity contribution in [3.63, 3.8) is 0 Å². The summed E-state index contributed by atoms with van der Waals surface area (Å²) in [5.41, 5.74) is 3.39. The molecular weight excluding hydrogens is 338 g/mol. The van der Waals surface area contributed by atoms with Gasteiger partial charge in [-0.2, -0.15) is 4.98 Å². The second kappa shape index (κ2) is 6.76. The maximum absolute atomic E-state index is 5.92. The summed E-state index contributed by atoms with van der Waals surface area (Å²) in [6.07, 6.45) is 2.15. The van der Waals surface area contributed by atoms with Gasteiger partial charge in [-0.15, -0.1) is 0 Å². The van der Waals surface area contributed by atoms with Crippen molar-refractivity contribution in [2.24, 2.45) is 0 Å². The first kappa shape index (κ1) is 16.0. The summed E-state index contributed by atoms with van der Waals surface area (Å²) >= 11 is 5.92. The monoisotopic (exact) mass is 355 g/mol. The average molecular weight is 356 g/mol. The van der Waals surface area contributed by atoms with E-state index >= 15 is 0 Å². The van der Waals surface area contributed by atoms with E-state index in [1.165, 1.54) is 11.3 Å². The Morgan fingerprint density at radius 1 is 1.20 bits per heavy atom. The van der Waals surface area contributed by atoms with Gasteiger partial charge in [-0.1, -0.05) is 16.8 Å². The minimum atomic E-state index is 0.582. The van der Waals surface area contributed by atoms with Gasteiger partial charge in [0.15, 0.2) is 0 Å². The Morgan fingerprint density at radius 3 is 2.84 bits per heavy atom. The van der Waals surface area contributed by atoms with E-state index in [0.717, 1.165) is 30.7 Å². The second-order valence-electron chi connectivity index (χ2n) is 6.04. The molecule has 25 heavy (non-hydrogen) atoms. The molecule has 1 aliphatic rings. The molecule has 2 aromatic carbocycles. The molecule has 3 aromatic rings. The lowest BCUT2D eigenvalue weighted by Crippen LogP contribution is -2.28. The molecule has 1 aliphatic heterocycles. The average Bonchev–Trinajstić information content (AvgIpc) is 3.10. The number of aromatic nitrogens is 2. The molecule has 2 heterocycles. The molecule has 1 aromatic heterocycles. The molecule has 0 aliphatic carbocycles. The molecule has 0 saturated heterocycles. The van der Waals surface area contributed by atoms with Gasteiger partial charge in [-0.25, -0.2) is 0 Å². The van der Waals surface area contributed by atoms with Crippen LogP contribution in [0.25, 0.3) is 11.4 Å². The zero-order chi connectivity index (χ0) is 17.2. The SMILES string of the molecule is COc1ccc2c(c1)CCCN2Cc1nc(-c2ccc(Cl)cc2)no1. The number of aryl methyl sites for hydroxylation is 1. The van der Waals surface area contributed by atoms with Crippen LogP contribution in [0.5, 0.6) is 5.75 Å². The lowest BCUT2D eigenvalue weighted by molar-refractivity contribution is 0.375. The zero-order valence-electron chi connectivity index (χ0n) is 13.9. The first-order valence-corrected chi connectivity index (χ1v) is 8.61. The van der Waals surface area contributed by atoms with Crippen molar-refractivity contribution in [1.82, 2.24) is 10.1 Å². The molecule has 0 fully saturated rings. The molecule has 0 amide bonds. The summed E-state index contributed by atoms with van der Waals surface area (Å²) in [6.45, 7) is 1.57. The summed E-state index contributed by atoms with van der Waals surface area (Å²) in [6, 6.07) is 13.6. The van der Waals surface area contributed by atoms with Crippen LogP contribution in [0.2, 0.25) is 5.02 Å². The highest BCUT2D eigenvalue weighted by molar-refractivity contribution is 6.30. The number of benzene rings is 2. The normalized spacial score (nSPS) is 13.6. The van der Waals surface area contributed by atoms with Gasteiger partial charge in [0.2, 0.25) is 11.7 Å². The van der Waals surface area contributed by atoms with E-state index in [1.807, 2.05) is 30.3 Å². The summed E-state index contributed by atoms with van der Waals surface area (Å²) in [5, 5.41) is 4.78. The predicted molar refractivity (Wildman–Crippen MR) is 97.1 cm³/mol. The van der Waals surface area contributed by atoms with Crippen molar-refractivity contribution in [2.75, 3.05) is 18.6 Å². The maximum Gasteiger partial charge on any atom is 0.246 e. The quantitative estimate of drug-likeness (QED) is 0.696. The van der Waals surface area contributed by atoms with Crippen LogP contribution in [0.1, 0.15) is 17.9 Å². The van der Waals surface area contributed by atoms with Gasteiger partial charge in [-0.3, -0.25) is 0 Å². The molecule has 0 bridgehead atoms. The summed E-state index contributed by atoms with van der Waals surface area (Å²) in [5.74, 6) is 2.08. The van der Waals surface area contributed by atoms with Crippen molar-refractivity contribution in [3.05, 3.63) is 58.9 Å². The number of methoxy groups -OCH3 is 1. The predicted octanol–water partition coefficient (Wildman–Crippen LogP) is 4.35. The number of fused-ring (bicyclic) bond motifs is 1. The molecule has 0 saturated carbocycles. The molecule has 0 spiro atoms. The first-order chi connectivity index (χ1) is 12.2. The van der Waals surface area contributed by atoms with Crippen molar-refractivity contribution < 1.29 is 9.26 Å². The van der Waals surface area contributed by atoms with Gasteiger partial charge in [0.05, 0.1) is 13.7 Å².